The molecule has 2 heterocycles. The van der Waals surface area contributed by atoms with E-state index in [0.29, 0.717) is 12.4 Å². The summed E-state index contributed by atoms with van der Waals surface area (Å²) in [6.07, 6.45) is 4.33. The van der Waals surface area contributed by atoms with Crippen molar-refractivity contribution in [2.75, 3.05) is 25.1 Å². The molecule has 1 aliphatic heterocycles. The van der Waals surface area contributed by atoms with Gasteiger partial charge in [0.2, 0.25) is 0 Å². The molecule has 0 radical (unpaired) electrons. The Morgan fingerprint density at radius 1 is 1.59 bits per heavy atom. The largest absolute Gasteiger partial charge is 0.464 e. The van der Waals surface area contributed by atoms with Crippen LogP contribution in [0.4, 0.5) is 5.82 Å². The molecule has 1 N–H and O–H groups in total. The molecule has 0 amide bonds. The minimum Gasteiger partial charge on any atom is -0.464 e. The van der Waals surface area contributed by atoms with Gasteiger partial charge in [0.15, 0.2) is 5.69 Å². The number of carbonyl (C=O) groups excluding carboxylic acids is 1. The zero-order chi connectivity index (χ0) is 12.3. The lowest BCUT2D eigenvalue weighted by Gasteiger charge is -2.30. The van der Waals surface area contributed by atoms with Crippen molar-refractivity contribution in [2.45, 2.75) is 18.9 Å². The number of methoxy groups -OCH3 is 1. The van der Waals surface area contributed by atoms with Gasteiger partial charge in [0.1, 0.15) is 5.82 Å². The SMILES string of the molecule is COC(=O)c1cncc(N2CCCC(O)C2)n1. The van der Waals surface area contributed by atoms with Crippen molar-refractivity contribution in [3.05, 3.63) is 18.1 Å². The molecule has 0 aliphatic carbocycles. The maximum absolute atomic E-state index is 11.3. The molecule has 1 fully saturated rings. The van der Waals surface area contributed by atoms with Gasteiger partial charge in [0.05, 0.1) is 25.6 Å². The van der Waals surface area contributed by atoms with Gasteiger partial charge in [-0.2, -0.15) is 0 Å². The quantitative estimate of drug-likeness (QED) is 0.742. The molecular weight excluding hydrogens is 222 g/mol. The molecule has 1 saturated heterocycles. The van der Waals surface area contributed by atoms with Crippen LogP contribution in [0, 0.1) is 0 Å². The normalized spacial score (nSPS) is 20.1. The molecule has 0 saturated carbocycles. The van der Waals surface area contributed by atoms with Gasteiger partial charge < -0.3 is 14.7 Å². The summed E-state index contributed by atoms with van der Waals surface area (Å²) in [6.45, 7) is 1.34. The van der Waals surface area contributed by atoms with Crippen molar-refractivity contribution in [1.82, 2.24) is 9.97 Å². The monoisotopic (exact) mass is 237 g/mol. The minimum atomic E-state index is -0.503. The number of aliphatic hydroxyl groups excluding tert-OH is 1. The van der Waals surface area contributed by atoms with Crippen LogP contribution in [0.15, 0.2) is 12.4 Å². The Labute approximate surface area is 99.2 Å². The molecule has 92 valence electrons. The van der Waals surface area contributed by atoms with E-state index in [0.717, 1.165) is 19.4 Å². The maximum Gasteiger partial charge on any atom is 0.358 e. The zero-order valence-corrected chi connectivity index (χ0v) is 9.67. The van der Waals surface area contributed by atoms with Crippen LogP contribution in [0.3, 0.4) is 0 Å². The maximum atomic E-state index is 11.3. The summed E-state index contributed by atoms with van der Waals surface area (Å²) in [5, 5.41) is 9.58. The van der Waals surface area contributed by atoms with E-state index in [-0.39, 0.29) is 11.8 Å². The fraction of sp³-hybridized carbons (Fsp3) is 0.545. The summed E-state index contributed by atoms with van der Waals surface area (Å²) in [5.41, 5.74) is 0.185. The van der Waals surface area contributed by atoms with Gasteiger partial charge in [-0.05, 0) is 12.8 Å². The average molecular weight is 237 g/mol. The number of rotatable bonds is 2. The van der Waals surface area contributed by atoms with Crippen molar-refractivity contribution < 1.29 is 14.6 Å². The van der Waals surface area contributed by atoms with Crippen LogP contribution < -0.4 is 4.90 Å². The molecule has 6 nitrogen and oxygen atoms in total. The van der Waals surface area contributed by atoms with E-state index in [1.807, 2.05) is 4.90 Å². The highest BCUT2D eigenvalue weighted by molar-refractivity contribution is 5.87. The summed E-state index contributed by atoms with van der Waals surface area (Å²) >= 11 is 0. The number of aromatic nitrogens is 2. The van der Waals surface area contributed by atoms with Crippen molar-refractivity contribution >= 4 is 11.8 Å². The van der Waals surface area contributed by atoms with E-state index < -0.39 is 5.97 Å². The number of anilines is 1. The van der Waals surface area contributed by atoms with E-state index in [1.54, 1.807) is 6.20 Å². The molecule has 1 unspecified atom stereocenters. The van der Waals surface area contributed by atoms with E-state index in [1.165, 1.54) is 13.3 Å². The molecule has 1 aromatic rings. The molecule has 1 aliphatic rings. The standard InChI is InChI=1S/C11H15N3O3/c1-17-11(16)9-5-12-6-10(13-9)14-4-2-3-8(15)7-14/h5-6,8,15H,2-4,7H2,1H3. The number of hydrogen-bond acceptors (Lipinski definition) is 6. The molecule has 0 aromatic carbocycles. The van der Waals surface area contributed by atoms with Gasteiger partial charge in [-0.3, -0.25) is 4.98 Å². The average Bonchev–Trinajstić information content (AvgIpc) is 2.38. The number of piperidine rings is 1. The fourth-order valence-corrected chi connectivity index (χ4v) is 1.87. The van der Waals surface area contributed by atoms with Gasteiger partial charge in [-0.25, -0.2) is 9.78 Å². The first-order valence-electron chi connectivity index (χ1n) is 5.54. The Balaban J connectivity index is 2.17. The van der Waals surface area contributed by atoms with Gasteiger partial charge >= 0.3 is 5.97 Å². The third-order valence-corrected chi connectivity index (χ3v) is 2.74. The fourth-order valence-electron chi connectivity index (χ4n) is 1.87. The molecule has 17 heavy (non-hydrogen) atoms. The first-order chi connectivity index (χ1) is 8.20. The second-order valence-corrected chi connectivity index (χ2v) is 4.00. The topological polar surface area (TPSA) is 75.5 Å². The third kappa shape index (κ3) is 2.71. The summed E-state index contributed by atoms with van der Waals surface area (Å²) < 4.78 is 4.59. The number of ether oxygens (including phenoxy) is 1. The summed E-state index contributed by atoms with van der Waals surface area (Å²) in [5.74, 6) is 0.101. The zero-order valence-electron chi connectivity index (χ0n) is 9.67. The van der Waals surface area contributed by atoms with Crippen molar-refractivity contribution in [3.63, 3.8) is 0 Å². The smallest absolute Gasteiger partial charge is 0.358 e. The number of nitrogens with zero attached hydrogens (tertiary/aromatic N) is 3. The Hall–Kier alpha value is -1.69. The van der Waals surface area contributed by atoms with E-state index in [9.17, 15) is 9.90 Å². The number of hydrogen-bond donors (Lipinski definition) is 1. The molecule has 2 rings (SSSR count). The lowest BCUT2D eigenvalue weighted by Crippen LogP contribution is -2.38. The lowest BCUT2D eigenvalue weighted by molar-refractivity contribution is 0.0593. The van der Waals surface area contributed by atoms with E-state index >= 15 is 0 Å². The highest BCUT2D eigenvalue weighted by Gasteiger charge is 2.20. The second kappa shape index (κ2) is 5.09. The predicted octanol–water partition coefficient (Wildman–Crippen LogP) is 0.224. The number of β-amino-alcohol motifs (C(OH)–C–C–N with tert-alkyl or cyclic N) is 1. The number of aliphatic hydroxyl groups is 1. The minimum absolute atomic E-state index is 0.185. The Bertz CT molecular complexity index is 411. The lowest BCUT2D eigenvalue weighted by atomic mass is 10.1. The molecular formula is C11H15N3O3. The molecule has 0 bridgehead atoms. The summed E-state index contributed by atoms with van der Waals surface area (Å²) in [4.78, 5) is 21.4. The van der Waals surface area contributed by atoms with Crippen LogP contribution in [0.2, 0.25) is 0 Å². The second-order valence-electron chi connectivity index (χ2n) is 4.00. The van der Waals surface area contributed by atoms with Crippen LogP contribution in [-0.2, 0) is 4.74 Å². The van der Waals surface area contributed by atoms with E-state index in [2.05, 4.69) is 14.7 Å². The van der Waals surface area contributed by atoms with Crippen molar-refractivity contribution in [1.29, 1.82) is 0 Å². The Morgan fingerprint density at radius 3 is 3.12 bits per heavy atom. The van der Waals surface area contributed by atoms with Crippen LogP contribution in [0.1, 0.15) is 23.3 Å². The highest BCUT2D eigenvalue weighted by Crippen LogP contribution is 2.17. The molecule has 0 spiro atoms. The molecule has 1 aromatic heterocycles. The van der Waals surface area contributed by atoms with Crippen molar-refractivity contribution in [2.24, 2.45) is 0 Å². The Kier molecular flexibility index (Phi) is 3.53. The van der Waals surface area contributed by atoms with Gasteiger partial charge in [-0.15, -0.1) is 0 Å². The first-order valence-corrected chi connectivity index (χ1v) is 5.54. The molecule has 1 atom stereocenters. The summed E-state index contributed by atoms with van der Waals surface area (Å²) in [6, 6.07) is 0. The van der Waals surface area contributed by atoms with Gasteiger partial charge in [-0.1, -0.05) is 0 Å². The van der Waals surface area contributed by atoms with Gasteiger partial charge in [0, 0.05) is 13.1 Å². The molecule has 6 heteroatoms. The first kappa shape index (κ1) is 11.8. The number of esters is 1. The van der Waals surface area contributed by atoms with Gasteiger partial charge in [0.25, 0.3) is 0 Å². The highest BCUT2D eigenvalue weighted by atomic mass is 16.5. The number of carbonyl (C=O) groups is 1. The van der Waals surface area contributed by atoms with Crippen LogP contribution in [-0.4, -0.2) is 47.3 Å². The van der Waals surface area contributed by atoms with E-state index in [4.69, 9.17) is 0 Å². The van der Waals surface area contributed by atoms with Crippen LogP contribution >= 0.6 is 0 Å². The van der Waals surface area contributed by atoms with Crippen LogP contribution in [0.25, 0.3) is 0 Å². The van der Waals surface area contributed by atoms with Crippen molar-refractivity contribution in [3.8, 4) is 0 Å². The third-order valence-electron chi connectivity index (χ3n) is 2.74. The Morgan fingerprint density at radius 2 is 2.41 bits per heavy atom. The van der Waals surface area contributed by atoms with Crippen LogP contribution in [0.5, 0.6) is 0 Å². The summed E-state index contributed by atoms with van der Waals surface area (Å²) in [7, 11) is 1.31. The predicted molar refractivity (Wildman–Crippen MR) is 60.8 cm³/mol.